The lowest BCUT2D eigenvalue weighted by Crippen LogP contribution is -2.58. The molecule has 278 valence electrons. The van der Waals surface area contributed by atoms with E-state index in [1.807, 2.05) is 109 Å². The van der Waals surface area contributed by atoms with Gasteiger partial charge >= 0.3 is 0 Å². The lowest BCUT2D eigenvalue weighted by molar-refractivity contribution is -0.135. The number of benzene rings is 4. The van der Waals surface area contributed by atoms with E-state index in [0.717, 1.165) is 24.4 Å². The van der Waals surface area contributed by atoms with E-state index in [1.165, 1.54) is 11.0 Å². The van der Waals surface area contributed by atoms with Gasteiger partial charge in [0.2, 0.25) is 11.8 Å². The van der Waals surface area contributed by atoms with Crippen molar-refractivity contribution in [2.24, 2.45) is 23.7 Å². The number of ketones is 2. The van der Waals surface area contributed by atoms with Gasteiger partial charge in [0.1, 0.15) is 12.4 Å². The van der Waals surface area contributed by atoms with Gasteiger partial charge in [-0.05, 0) is 66.3 Å². The maximum absolute atomic E-state index is 15.3. The minimum Gasteiger partial charge on any atom is -0.491 e. The van der Waals surface area contributed by atoms with Crippen LogP contribution in [0.15, 0.2) is 127 Å². The average molecular weight is 735 g/mol. The predicted octanol–water partition coefficient (Wildman–Crippen LogP) is 5.92. The van der Waals surface area contributed by atoms with Crippen LogP contribution in [0.2, 0.25) is 0 Å². The largest absolute Gasteiger partial charge is 0.491 e. The Labute approximate surface area is 319 Å². The third kappa shape index (κ3) is 5.59. The molecule has 2 heterocycles. The molecule has 55 heavy (non-hydrogen) atoms. The fourth-order valence-electron chi connectivity index (χ4n) is 10.1. The number of rotatable bonds is 8. The van der Waals surface area contributed by atoms with Crippen LogP contribution in [0, 0.1) is 23.7 Å². The van der Waals surface area contributed by atoms with Crippen LogP contribution in [0.25, 0.3) is 5.57 Å². The molecule has 0 spiro atoms. The lowest BCUT2D eigenvalue weighted by Gasteiger charge is -2.55. The van der Waals surface area contributed by atoms with Crippen LogP contribution in [-0.4, -0.2) is 68.0 Å². The van der Waals surface area contributed by atoms with Crippen LogP contribution >= 0.6 is 0 Å². The van der Waals surface area contributed by atoms with Gasteiger partial charge in [-0.3, -0.25) is 24.1 Å². The smallest absolute Gasteiger partial charge is 0.238 e. The van der Waals surface area contributed by atoms with E-state index in [1.54, 1.807) is 0 Å². The number of anilines is 2. The summed E-state index contributed by atoms with van der Waals surface area (Å²) in [5.41, 5.74) is 3.44. The number of hydrogen-bond acceptors (Lipinski definition) is 8. The van der Waals surface area contributed by atoms with Crippen molar-refractivity contribution in [3.63, 3.8) is 0 Å². The Kier molecular flexibility index (Phi) is 9.07. The molecule has 9 nitrogen and oxygen atoms in total. The van der Waals surface area contributed by atoms with Gasteiger partial charge in [-0.15, -0.1) is 0 Å². The summed E-state index contributed by atoms with van der Waals surface area (Å²) in [6.07, 6.45) is 4.12. The van der Waals surface area contributed by atoms with Gasteiger partial charge in [-0.25, -0.2) is 0 Å². The molecule has 3 fully saturated rings. The van der Waals surface area contributed by atoms with Crippen LogP contribution in [0.3, 0.4) is 0 Å². The van der Waals surface area contributed by atoms with Gasteiger partial charge in [0.15, 0.2) is 11.6 Å². The Balaban J connectivity index is 1.20. The maximum atomic E-state index is 15.3. The number of ether oxygens (including phenoxy) is 2. The standard InChI is InChI=1S/C46H42N2O7/c49-23-26-55-39-14-8-7-13-34(39)42-33-19-20-35-41(45(53)48(44(35)52)32-17-15-31(16-18-32)47-21-24-54-25-22-47)37(33)27-38-43(51)36(29-9-3-1-4-10-29)28-40(50)46(38,42)30-11-5-2-6-12-30/h1-19,28,35,37-38,41-42,49H,20-27H2. The molecule has 9 heteroatoms. The van der Waals surface area contributed by atoms with Gasteiger partial charge in [0.25, 0.3) is 0 Å². The molecule has 0 bridgehead atoms. The highest BCUT2D eigenvalue weighted by Gasteiger charge is 2.66. The number of amides is 2. The number of imide groups is 1. The summed E-state index contributed by atoms with van der Waals surface area (Å²) in [6, 6.07) is 33.8. The second kappa shape index (κ2) is 14.2. The first-order valence-corrected chi connectivity index (χ1v) is 19.2. The first-order chi connectivity index (χ1) is 26.9. The Bertz CT molecular complexity index is 2210. The quantitative estimate of drug-likeness (QED) is 0.175. The second-order valence-corrected chi connectivity index (χ2v) is 15.0. The van der Waals surface area contributed by atoms with Crippen molar-refractivity contribution in [3.8, 4) is 5.75 Å². The summed E-state index contributed by atoms with van der Waals surface area (Å²) in [7, 11) is 0. The summed E-state index contributed by atoms with van der Waals surface area (Å²) in [5.74, 6) is -3.79. The molecule has 3 aliphatic carbocycles. The molecule has 6 unspecified atom stereocenters. The first-order valence-electron chi connectivity index (χ1n) is 19.2. The van der Waals surface area contributed by atoms with E-state index in [2.05, 4.69) is 11.0 Å². The summed E-state index contributed by atoms with van der Waals surface area (Å²) in [6.45, 7) is 2.66. The number of aliphatic hydroxyl groups excluding tert-OH is 1. The van der Waals surface area contributed by atoms with Gasteiger partial charge in [0.05, 0.1) is 42.8 Å². The lowest BCUT2D eigenvalue weighted by atomic mass is 9.44. The zero-order valence-electron chi connectivity index (χ0n) is 30.4. The number of carbonyl (C=O) groups excluding carboxylic acids is 4. The highest BCUT2D eigenvalue weighted by atomic mass is 16.5. The molecule has 2 saturated heterocycles. The van der Waals surface area contributed by atoms with E-state index in [9.17, 15) is 14.7 Å². The highest BCUT2D eigenvalue weighted by Crippen LogP contribution is 2.64. The van der Waals surface area contributed by atoms with Gasteiger partial charge in [-0.1, -0.05) is 90.5 Å². The second-order valence-electron chi connectivity index (χ2n) is 15.0. The predicted molar refractivity (Wildman–Crippen MR) is 208 cm³/mol. The van der Waals surface area contributed by atoms with Crippen molar-refractivity contribution >= 4 is 40.3 Å². The van der Waals surface area contributed by atoms with Crippen molar-refractivity contribution in [2.45, 2.75) is 24.2 Å². The van der Waals surface area contributed by atoms with Crippen molar-refractivity contribution in [3.05, 3.63) is 144 Å². The maximum Gasteiger partial charge on any atom is 0.238 e. The molecule has 6 atom stereocenters. The van der Waals surface area contributed by atoms with E-state index >= 15 is 9.59 Å². The number of carbonyl (C=O) groups is 4. The van der Waals surface area contributed by atoms with Crippen molar-refractivity contribution in [2.75, 3.05) is 49.3 Å². The molecule has 2 amide bonds. The third-order valence-corrected chi connectivity index (χ3v) is 12.4. The fraction of sp³-hybridized carbons (Fsp3) is 0.304. The number of hydrogen-bond donors (Lipinski definition) is 1. The van der Waals surface area contributed by atoms with Gasteiger partial charge in [0, 0.05) is 41.7 Å². The van der Waals surface area contributed by atoms with Crippen LogP contribution in [0.4, 0.5) is 11.4 Å². The number of morpholine rings is 1. The van der Waals surface area contributed by atoms with Crippen LogP contribution in [-0.2, 0) is 29.3 Å². The Morgan fingerprint density at radius 1 is 0.764 bits per heavy atom. The van der Waals surface area contributed by atoms with Gasteiger partial charge < -0.3 is 19.5 Å². The molecule has 1 N–H and O–H groups in total. The van der Waals surface area contributed by atoms with E-state index < -0.39 is 35.0 Å². The molecule has 9 rings (SSSR count). The molecule has 4 aromatic rings. The van der Waals surface area contributed by atoms with E-state index in [-0.39, 0.29) is 43.0 Å². The Hall–Kier alpha value is -5.64. The Morgan fingerprint density at radius 2 is 1.44 bits per heavy atom. The zero-order valence-corrected chi connectivity index (χ0v) is 30.4. The van der Waals surface area contributed by atoms with E-state index in [0.29, 0.717) is 53.3 Å². The normalized spacial score (nSPS) is 27.5. The van der Waals surface area contributed by atoms with Crippen molar-refractivity contribution in [1.29, 1.82) is 0 Å². The average Bonchev–Trinajstić information content (AvgIpc) is 3.50. The third-order valence-electron chi connectivity index (χ3n) is 12.4. The number of nitrogens with zero attached hydrogens (tertiary/aromatic N) is 2. The fourth-order valence-corrected chi connectivity index (χ4v) is 10.1. The molecular formula is C46H42N2O7. The summed E-state index contributed by atoms with van der Waals surface area (Å²) in [4.78, 5) is 63.2. The van der Waals surface area contributed by atoms with Gasteiger partial charge in [-0.2, -0.15) is 0 Å². The molecule has 2 aliphatic heterocycles. The number of Topliss-reactive ketones (excluding diaryl/α,β-unsaturated/α-hetero) is 1. The minimum atomic E-state index is -1.37. The summed E-state index contributed by atoms with van der Waals surface area (Å²) in [5, 5.41) is 9.78. The zero-order chi connectivity index (χ0) is 37.7. The number of fused-ring (bicyclic) bond motifs is 4. The SMILES string of the molecule is O=C1C(c2ccccc2)=CC(=O)C2(c3ccccc3)C1CC1C(=CCC3C(=O)N(c4ccc(N5CCOCC5)cc4)C(=O)C31)C2c1ccccc1OCCO. The number of allylic oxidation sites excluding steroid dienone is 4. The molecule has 4 aromatic carbocycles. The molecular weight excluding hydrogens is 693 g/mol. The summed E-state index contributed by atoms with van der Waals surface area (Å²) >= 11 is 0. The van der Waals surface area contributed by atoms with Crippen LogP contribution in [0.5, 0.6) is 5.75 Å². The molecule has 0 aromatic heterocycles. The summed E-state index contributed by atoms with van der Waals surface area (Å²) < 4.78 is 11.7. The molecule has 1 saturated carbocycles. The first kappa shape index (κ1) is 35.1. The number of para-hydroxylation sites is 1. The Morgan fingerprint density at radius 3 is 2.16 bits per heavy atom. The molecule has 5 aliphatic rings. The van der Waals surface area contributed by atoms with Crippen molar-refractivity contribution < 1.29 is 33.8 Å². The van der Waals surface area contributed by atoms with Crippen LogP contribution in [0.1, 0.15) is 35.4 Å². The van der Waals surface area contributed by atoms with E-state index in [4.69, 9.17) is 9.47 Å². The van der Waals surface area contributed by atoms with Crippen molar-refractivity contribution in [1.82, 2.24) is 0 Å². The monoisotopic (exact) mass is 734 g/mol. The number of aliphatic hydroxyl groups is 1. The topological polar surface area (TPSA) is 113 Å². The highest BCUT2D eigenvalue weighted by molar-refractivity contribution is 6.32. The minimum absolute atomic E-state index is 0.0376. The van der Waals surface area contributed by atoms with Crippen LogP contribution < -0.4 is 14.5 Å². The molecule has 0 radical (unpaired) electrons.